The number of carbonyl (C=O) groups excluding carboxylic acids is 2. The van der Waals surface area contributed by atoms with Gasteiger partial charge in [0, 0.05) is 29.3 Å². The highest BCUT2D eigenvalue weighted by atomic mass is 16.7. The van der Waals surface area contributed by atoms with Crippen molar-refractivity contribution in [1.82, 2.24) is 5.32 Å². The smallest absolute Gasteiger partial charge is 0.336 e. The molecule has 0 saturated heterocycles. The van der Waals surface area contributed by atoms with Crippen LogP contribution in [0.1, 0.15) is 45.1 Å². The van der Waals surface area contributed by atoms with E-state index in [2.05, 4.69) is 19.2 Å². The third-order valence-electron chi connectivity index (χ3n) is 5.37. The van der Waals surface area contributed by atoms with Gasteiger partial charge in [-0.05, 0) is 36.5 Å². The summed E-state index contributed by atoms with van der Waals surface area (Å²) in [6.45, 7) is 6.19. The van der Waals surface area contributed by atoms with Gasteiger partial charge in [0.05, 0.1) is 12.7 Å². The van der Waals surface area contributed by atoms with Crippen LogP contribution in [0.25, 0.3) is 0 Å². The Morgan fingerprint density at radius 1 is 1.22 bits per heavy atom. The minimum Gasteiger partial charge on any atom is -0.466 e. The zero-order valence-electron chi connectivity index (χ0n) is 16.0. The monoisotopic (exact) mass is 369 g/mol. The van der Waals surface area contributed by atoms with Crippen molar-refractivity contribution in [2.24, 2.45) is 5.41 Å². The van der Waals surface area contributed by atoms with E-state index >= 15 is 0 Å². The topological polar surface area (TPSA) is 73.9 Å². The first-order valence-corrected chi connectivity index (χ1v) is 9.02. The number of ketones is 1. The molecule has 0 bridgehead atoms. The Kier molecular flexibility index (Phi) is 4.02. The second kappa shape index (κ2) is 6.15. The molecule has 0 aromatic heterocycles. The number of dihydropyridines is 1. The molecule has 1 aliphatic carbocycles. The van der Waals surface area contributed by atoms with Gasteiger partial charge in [-0.15, -0.1) is 0 Å². The highest BCUT2D eigenvalue weighted by Crippen LogP contribution is 2.48. The number of rotatable bonds is 2. The zero-order chi connectivity index (χ0) is 19.3. The van der Waals surface area contributed by atoms with Crippen LogP contribution in [-0.2, 0) is 14.3 Å². The van der Waals surface area contributed by atoms with Crippen molar-refractivity contribution in [2.75, 3.05) is 13.9 Å². The predicted octanol–water partition coefficient (Wildman–Crippen LogP) is 3.19. The lowest BCUT2D eigenvalue weighted by Gasteiger charge is -2.39. The quantitative estimate of drug-likeness (QED) is 0.807. The molecule has 0 fully saturated rings. The molecule has 3 aliphatic rings. The number of esters is 1. The highest BCUT2D eigenvalue weighted by molar-refractivity contribution is 6.04. The number of allylic oxidation sites excluding steroid dienone is 3. The van der Waals surface area contributed by atoms with E-state index in [4.69, 9.17) is 14.2 Å². The Balaban J connectivity index is 1.89. The summed E-state index contributed by atoms with van der Waals surface area (Å²) in [6, 6.07) is 5.56. The Bertz CT molecular complexity index is 909. The molecule has 0 radical (unpaired) electrons. The van der Waals surface area contributed by atoms with E-state index in [-0.39, 0.29) is 18.0 Å². The van der Waals surface area contributed by atoms with Crippen molar-refractivity contribution < 1.29 is 23.8 Å². The Hall–Kier alpha value is -2.76. The van der Waals surface area contributed by atoms with E-state index in [1.165, 1.54) is 7.11 Å². The molecule has 1 atom stereocenters. The van der Waals surface area contributed by atoms with Crippen LogP contribution in [0.3, 0.4) is 0 Å². The largest absolute Gasteiger partial charge is 0.466 e. The van der Waals surface area contributed by atoms with Gasteiger partial charge in [-0.1, -0.05) is 19.9 Å². The van der Waals surface area contributed by atoms with Gasteiger partial charge in [-0.2, -0.15) is 0 Å². The van der Waals surface area contributed by atoms with Gasteiger partial charge < -0.3 is 19.5 Å². The lowest BCUT2D eigenvalue weighted by molar-refractivity contribution is -0.136. The Morgan fingerprint density at radius 2 is 1.96 bits per heavy atom. The van der Waals surface area contributed by atoms with Gasteiger partial charge in [0.1, 0.15) is 0 Å². The third-order valence-corrected chi connectivity index (χ3v) is 5.37. The van der Waals surface area contributed by atoms with Crippen LogP contribution in [0.4, 0.5) is 0 Å². The van der Waals surface area contributed by atoms with Gasteiger partial charge in [0.25, 0.3) is 0 Å². The number of Topliss-reactive ketones (excluding diaryl/α,β-unsaturated/α-hetero) is 1. The number of ether oxygens (including phenoxy) is 3. The van der Waals surface area contributed by atoms with E-state index in [1.807, 2.05) is 25.1 Å². The van der Waals surface area contributed by atoms with Crippen LogP contribution in [0, 0.1) is 5.41 Å². The SMILES string of the molecule is COC(=O)C1=C(C)NC2=C(C(=O)CC(C)(C)C2)[C@H]1c1ccc2c(c1)OCO2. The average molecular weight is 369 g/mol. The minimum atomic E-state index is -0.480. The van der Waals surface area contributed by atoms with Crippen LogP contribution in [-0.4, -0.2) is 25.7 Å². The second-order valence-corrected chi connectivity index (χ2v) is 8.03. The van der Waals surface area contributed by atoms with Crippen LogP contribution >= 0.6 is 0 Å². The van der Waals surface area contributed by atoms with Gasteiger partial charge in [-0.25, -0.2) is 4.79 Å². The van der Waals surface area contributed by atoms with Crippen LogP contribution in [0.2, 0.25) is 0 Å². The molecule has 4 rings (SSSR count). The van der Waals surface area contributed by atoms with Crippen molar-refractivity contribution in [2.45, 2.75) is 39.5 Å². The maximum atomic E-state index is 13.1. The molecule has 6 nitrogen and oxygen atoms in total. The van der Waals surface area contributed by atoms with Crippen molar-refractivity contribution in [1.29, 1.82) is 0 Å². The maximum Gasteiger partial charge on any atom is 0.336 e. The van der Waals surface area contributed by atoms with E-state index in [1.54, 1.807) is 0 Å². The first-order chi connectivity index (χ1) is 12.8. The van der Waals surface area contributed by atoms with E-state index in [9.17, 15) is 9.59 Å². The fourth-order valence-corrected chi connectivity index (χ4v) is 4.24. The molecular formula is C21H23NO5. The summed E-state index contributed by atoms with van der Waals surface area (Å²) in [5.41, 5.74) is 3.42. The summed E-state index contributed by atoms with van der Waals surface area (Å²) in [4.78, 5) is 25.7. The lowest BCUT2D eigenvalue weighted by atomic mass is 9.68. The molecule has 0 unspecified atom stereocenters. The number of hydrogen-bond donors (Lipinski definition) is 1. The maximum absolute atomic E-state index is 13.1. The molecule has 0 saturated carbocycles. The molecule has 1 aromatic rings. The molecule has 2 aliphatic heterocycles. The predicted molar refractivity (Wildman–Crippen MR) is 98.2 cm³/mol. The number of benzene rings is 1. The molecular weight excluding hydrogens is 346 g/mol. The number of methoxy groups -OCH3 is 1. The normalized spacial score (nSPS) is 23.1. The highest BCUT2D eigenvalue weighted by Gasteiger charge is 2.43. The van der Waals surface area contributed by atoms with Crippen LogP contribution in [0.15, 0.2) is 40.7 Å². The fraction of sp³-hybridized carbons (Fsp3) is 0.429. The van der Waals surface area contributed by atoms with E-state index < -0.39 is 11.9 Å². The molecule has 1 aromatic carbocycles. The first kappa shape index (κ1) is 17.6. The van der Waals surface area contributed by atoms with Crippen molar-refractivity contribution in [3.8, 4) is 11.5 Å². The zero-order valence-corrected chi connectivity index (χ0v) is 16.0. The lowest BCUT2D eigenvalue weighted by Crippen LogP contribution is -2.38. The number of carbonyl (C=O) groups is 2. The molecule has 1 N–H and O–H groups in total. The van der Waals surface area contributed by atoms with Crippen LogP contribution < -0.4 is 14.8 Å². The number of fused-ring (bicyclic) bond motifs is 1. The second-order valence-electron chi connectivity index (χ2n) is 8.03. The summed E-state index contributed by atoms with van der Waals surface area (Å²) >= 11 is 0. The van der Waals surface area contributed by atoms with Gasteiger partial charge in [0.2, 0.25) is 6.79 Å². The Morgan fingerprint density at radius 3 is 2.70 bits per heavy atom. The number of hydrogen-bond acceptors (Lipinski definition) is 6. The number of nitrogens with one attached hydrogen (secondary N) is 1. The summed E-state index contributed by atoms with van der Waals surface area (Å²) in [6.07, 6.45) is 1.20. The van der Waals surface area contributed by atoms with Gasteiger partial charge in [0.15, 0.2) is 17.3 Å². The molecule has 0 amide bonds. The van der Waals surface area contributed by atoms with Crippen LogP contribution in [0.5, 0.6) is 11.5 Å². The standard InChI is InChI=1S/C21H23NO5/c1-11-17(20(24)25-4)18(12-5-6-15-16(7-12)27-10-26-15)19-13(22-11)8-21(2,3)9-14(19)23/h5-7,18,22H,8-10H2,1-4H3/t18-/m0/s1. The minimum absolute atomic E-state index is 0.0605. The molecule has 6 heteroatoms. The molecule has 2 heterocycles. The van der Waals surface area contributed by atoms with E-state index in [0.717, 1.165) is 17.7 Å². The van der Waals surface area contributed by atoms with Crippen molar-refractivity contribution in [3.63, 3.8) is 0 Å². The summed E-state index contributed by atoms with van der Waals surface area (Å²) in [5.74, 6) is 0.431. The molecule has 27 heavy (non-hydrogen) atoms. The van der Waals surface area contributed by atoms with Gasteiger partial charge >= 0.3 is 5.97 Å². The Labute approximate surface area is 158 Å². The third kappa shape index (κ3) is 2.89. The fourth-order valence-electron chi connectivity index (χ4n) is 4.24. The first-order valence-electron chi connectivity index (χ1n) is 9.02. The van der Waals surface area contributed by atoms with Gasteiger partial charge in [-0.3, -0.25) is 4.79 Å². The summed E-state index contributed by atoms with van der Waals surface area (Å²) in [7, 11) is 1.36. The molecule has 0 spiro atoms. The van der Waals surface area contributed by atoms with E-state index in [0.29, 0.717) is 34.8 Å². The average Bonchev–Trinajstić information content (AvgIpc) is 3.06. The molecule has 142 valence electrons. The van der Waals surface area contributed by atoms with Crippen molar-refractivity contribution in [3.05, 3.63) is 46.3 Å². The van der Waals surface area contributed by atoms with Crippen molar-refractivity contribution >= 4 is 11.8 Å². The summed E-state index contributed by atoms with van der Waals surface area (Å²) in [5, 5.41) is 3.30. The summed E-state index contributed by atoms with van der Waals surface area (Å²) < 4.78 is 15.9.